The van der Waals surface area contributed by atoms with Crippen LogP contribution >= 0.6 is 12.2 Å². The minimum atomic E-state index is 0.160. The van der Waals surface area contributed by atoms with Gasteiger partial charge in [0.2, 0.25) is 0 Å². The van der Waals surface area contributed by atoms with Crippen molar-refractivity contribution >= 4 is 23.0 Å². The van der Waals surface area contributed by atoms with Crippen molar-refractivity contribution in [3.63, 3.8) is 0 Å². The van der Waals surface area contributed by atoms with Crippen molar-refractivity contribution in [2.75, 3.05) is 5.32 Å². The molecule has 2 aromatic carbocycles. The van der Waals surface area contributed by atoms with Gasteiger partial charge in [-0.25, -0.2) is 0 Å². The third-order valence-corrected chi connectivity index (χ3v) is 4.88. The maximum absolute atomic E-state index is 5.48. The van der Waals surface area contributed by atoms with Crippen LogP contribution in [-0.4, -0.2) is 5.11 Å². The van der Waals surface area contributed by atoms with E-state index in [0.717, 1.165) is 12.1 Å². The maximum Gasteiger partial charge on any atom is 0.171 e. The second-order valence-electron chi connectivity index (χ2n) is 7.99. The number of nitrogens with one attached hydrogen (secondary N) is 2. The fraction of sp³-hybridized carbons (Fsp3) is 0.435. The van der Waals surface area contributed by atoms with Crippen LogP contribution in [0.4, 0.5) is 5.69 Å². The molecule has 0 saturated carbocycles. The summed E-state index contributed by atoms with van der Waals surface area (Å²) in [5, 5.41) is 7.31. The largest absolute Gasteiger partial charge is 0.356 e. The van der Waals surface area contributed by atoms with E-state index in [4.69, 9.17) is 12.2 Å². The first kappa shape index (κ1) is 20.4. The summed E-state index contributed by atoms with van der Waals surface area (Å²) in [7, 11) is 0. The topological polar surface area (TPSA) is 24.1 Å². The number of anilines is 1. The van der Waals surface area contributed by atoms with E-state index in [-0.39, 0.29) is 11.5 Å². The molecule has 2 rings (SSSR count). The summed E-state index contributed by atoms with van der Waals surface area (Å²) in [6.45, 7) is 11.1. The maximum atomic E-state index is 5.48. The van der Waals surface area contributed by atoms with Crippen molar-refractivity contribution in [1.29, 1.82) is 0 Å². The van der Waals surface area contributed by atoms with Crippen molar-refractivity contribution in [2.24, 2.45) is 0 Å². The number of thiocarbonyl (C=S) groups is 1. The molecule has 2 aromatic rings. The van der Waals surface area contributed by atoms with Gasteiger partial charge < -0.3 is 10.6 Å². The van der Waals surface area contributed by atoms with Gasteiger partial charge in [0, 0.05) is 5.69 Å². The minimum Gasteiger partial charge on any atom is -0.356 e. The number of unbranched alkanes of at least 4 members (excludes halogenated alkanes) is 1. The summed E-state index contributed by atoms with van der Waals surface area (Å²) in [6, 6.07) is 17.5. The fourth-order valence-electron chi connectivity index (χ4n) is 2.85. The molecule has 0 saturated heterocycles. The smallest absolute Gasteiger partial charge is 0.171 e. The van der Waals surface area contributed by atoms with Crippen molar-refractivity contribution in [3.05, 3.63) is 65.2 Å². The summed E-state index contributed by atoms with van der Waals surface area (Å²) in [5.74, 6) is 0. The summed E-state index contributed by atoms with van der Waals surface area (Å²) in [4.78, 5) is 0. The molecule has 0 fully saturated rings. The van der Waals surface area contributed by atoms with Gasteiger partial charge in [0.05, 0.1) is 6.04 Å². The quantitative estimate of drug-likeness (QED) is 0.579. The zero-order valence-electron chi connectivity index (χ0n) is 16.7. The number of hydrogen-bond acceptors (Lipinski definition) is 1. The molecule has 0 spiro atoms. The number of benzene rings is 2. The molecule has 140 valence electrons. The lowest BCUT2D eigenvalue weighted by molar-refractivity contribution is 0.589. The Kier molecular flexibility index (Phi) is 7.22. The molecular weight excluding hydrogens is 336 g/mol. The first-order chi connectivity index (χ1) is 12.3. The average Bonchev–Trinajstić information content (AvgIpc) is 2.60. The Hall–Kier alpha value is -1.87. The Morgan fingerprint density at radius 1 is 1.00 bits per heavy atom. The molecule has 0 bridgehead atoms. The molecule has 0 aliphatic carbocycles. The molecule has 0 aromatic heterocycles. The van der Waals surface area contributed by atoms with Gasteiger partial charge in [0.25, 0.3) is 0 Å². The van der Waals surface area contributed by atoms with Crippen molar-refractivity contribution in [2.45, 2.75) is 65.3 Å². The van der Waals surface area contributed by atoms with Crippen LogP contribution in [0.1, 0.15) is 70.2 Å². The molecular formula is C23H32N2S. The highest BCUT2D eigenvalue weighted by Crippen LogP contribution is 2.24. The van der Waals surface area contributed by atoms with E-state index in [9.17, 15) is 0 Å². The minimum absolute atomic E-state index is 0.160. The molecule has 1 unspecified atom stereocenters. The van der Waals surface area contributed by atoms with Crippen LogP contribution in [-0.2, 0) is 11.8 Å². The molecule has 2 nitrogen and oxygen atoms in total. The van der Waals surface area contributed by atoms with E-state index in [1.807, 2.05) is 0 Å². The Morgan fingerprint density at radius 2 is 1.62 bits per heavy atom. The van der Waals surface area contributed by atoms with Crippen LogP contribution in [0.15, 0.2) is 48.5 Å². The number of aryl methyl sites for hydroxylation is 1. The van der Waals surface area contributed by atoms with Gasteiger partial charge in [-0.3, -0.25) is 0 Å². The van der Waals surface area contributed by atoms with Crippen LogP contribution in [0.5, 0.6) is 0 Å². The Bertz CT molecular complexity index is 696. The fourth-order valence-corrected chi connectivity index (χ4v) is 3.15. The normalized spacial score (nSPS) is 12.5. The van der Waals surface area contributed by atoms with Crippen LogP contribution in [0.2, 0.25) is 0 Å². The number of rotatable bonds is 6. The van der Waals surface area contributed by atoms with Crippen molar-refractivity contribution in [3.8, 4) is 0 Å². The highest BCUT2D eigenvalue weighted by molar-refractivity contribution is 7.80. The molecule has 2 N–H and O–H groups in total. The highest BCUT2D eigenvalue weighted by Gasteiger charge is 2.14. The zero-order chi connectivity index (χ0) is 19.2. The van der Waals surface area contributed by atoms with E-state index in [1.165, 1.54) is 29.5 Å². The van der Waals surface area contributed by atoms with Gasteiger partial charge in [-0.05, 0) is 66.2 Å². The molecule has 26 heavy (non-hydrogen) atoms. The Morgan fingerprint density at radius 3 is 2.15 bits per heavy atom. The molecule has 0 aliphatic rings. The third kappa shape index (κ3) is 6.14. The van der Waals surface area contributed by atoms with E-state index in [2.05, 4.69) is 93.8 Å². The molecule has 0 amide bonds. The molecule has 1 atom stereocenters. The van der Waals surface area contributed by atoms with E-state index < -0.39 is 0 Å². The Labute approximate surface area is 164 Å². The van der Waals surface area contributed by atoms with Gasteiger partial charge in [0.1, 0.15) is 0 Å². The van der Waals surface area contributed by atoms with Gasteiger partial charge in [-0.2, -0.15) is 0 Å². The predicted molar refractivity (Wildman–Crippen MR) is 118 cm³/mol. The molecule has 0 radical (unpaired) electrons. The standard InChI is InChI=1S/C23H32N2S/c1-6-7-8-18-9-15-21(16-10-18)25-22(26)24-17(2)19-11-13-20(14-12-19)23(3,4)5/h9-17H,6-8H2,1-5H3,(H2,24,25,26). The first-order valence-electron chi connectivity index (χ1n) is 9.56. The van der Waals surface area contributed by atoms with Crippen LogP contribution < -0.4 is 10.6 Å². The SMILES string of the molecule is CCCCc1ccc(NC(=S)NC(C)c2ccc(C(C)(C)C)cc2)cc1. The predicted octanol–water partition coefficient (Wildman–Crippen LogP) is 6.37. The molecule has 0 aliphatic heterocycles. The average molecular weight is 369 g/mol. The van der Waals surface area contributed by atoms with Gasteiger partial charge >= 0.3 is 0 Å². The summed E-state index contributed by atoms with van der Waals surface area (Å²) >= 11 is 5.48. The highest BCUT2D eigenvalue weighted by atomic mass is 32.1. The number of hydrogen-bond donors (Lipinski definition) is 2. The van der Waals surface area contributed by atoms with Gasteiger partial charge in [0.15, 0.2) is 5.11 Å². The van der Waals surface area contributed by atoms with Crippen LogP contribution in [0.25, 0.3) is 0 Å². The summed E-state index contributed by atoms with van der Waals surface area (Å²) < 4.78 is 0. The lowest BCUT2D eigenvalue weighted by atomic mass is 9.86. The van der Waals surface area contributed by atoms with E-state index in [0.29, 0.717) is 5.11 Å². The van der Waals surface area contributed by atoms with Gasteiger partial charge in [-0.1, -0.05) is 70.5 Å². The van der Waals surface area contributed by atoms with Crippen LogP contribution in [0.3, 0.4) is 0 Å². The monoisotopic (exact) mass is 368 g/mol. The lowest BCUT2D eigenvalue weighted by Gasteiger charge is -2.21. The van der Waals surface area contributed by atoms with E-state index >= 15 is 0 Å². The van der Waals surface area contributed by atoms with Crippen molar-refractivity contribution < 1.29 is 0 Å². The lowest BCUT2D eigenvalue weighted by Crippen LogP contribution is -2.30. The molecule has 3 heteroatoms. The van der Waals surface area contributed by atoms with E-state index in [1.54, 1.807) is 0 Å². The first-order valence-corrected chi connectivity index (χ1v) is 9.97. The van der Waals surface area contributed by atoms with Crippen molar-refractivity contribution in [1.82, 2.24) is 5.32 Å². The Balaban J connectivity index is 1.90. The zero-order valence-corrected chi connectivity index (χ0v) is 17.5. The summed E-state index contributed by atoms with van der Waals surface area (Å²) in [6.07, 6.45) is 3.60. The van der Waals surface area contributed by atoms with Crippen LogP contribution in [0, 0.1) is 0 Å². The summed E-state index contributed by atoms with van der Waals surface area (Å²) in [5.41, 5.74) is 5.16. The second kappa shape index (κ2) is 9.18. The van der Waals surface area contributed by atoms with Gasteiger partial charge in [-0.15, -0.1) is 0 Å². The molecule has 0 heterocycles. The second-order valence-corrected chi connectivity index (χ2v) is 8.40. The third-order valence-electron chi connectivity index (χ3n) is 4.66.